The number of rotatable bonds is 4. The summed E-state index contributed by atoms with van der Waals surface area (Å²) in [4.78, 5) is 22.0. The predicted molar refractivity (Wildman–Crippen MR) is 62.0 cm³/mol. The molecule has 86 valence electrons. The zero-order chi connectivity index (χ0) is 12.1. The Hall–Kier alpha value is -1.55. The lowest BCUT2D eigenvalue weighted by molar-refractivity contribution is -0.126. The van der Waals surface area contributed by atoms with Crippen LogP contribution in [-0.2, 0) is 16.0 Å². The Morgan fingerprint density at radius 3 is 2.56 bits per heavy atom. The first kappa shape index (κ1) is 12.5. The number of hydrogen-bond acceptors (Lipinski definition) is 2. The minimum absolute atomic E-state index is 0.296. The molecule has 1 atom stereocenters. The van der Waals surface area contributed by atoms with Crippen molar-refractivity contribution in [2.45, 2.75) is 19.4 Å². The van der Waals surface area contributed by atoms with Crippen molar-refractivity contribution in [2.24, 2.45) is 5.73 Å². The van der Waals surface area contributed by atoms with Crippen LogP contribution in [0.3, 0.4) is 0 Å². The van der Waals surface area contributed by atoms with Gasteiger partial charge in [0.05, 0.1) is 0 Å². The number of primary amides is 1. The van der Waals surface area contributed by atoms with E-state index in [-0.39, 0.29) is 5.91 Å². The van der Waals surface area contributed by atoms with Gasteiger partial charge in [-0.3, -0.25) is 9.59 Å². The molecular formula is C11H13ClN2O2. The summed E-state index contributed by atoms with van der Waals surface area (Å²) in [6.45, 7) is 1.34. The van der Waals surface area contributed by atoms with Crippen LogP contribution in [-0.4, -0.2) is 17.9 Å². The number of amides is 2. The van der Waals surface area contributed by atoms with Gasteiger partial charge in [-0.2, -0.15) is 0 Å². The summed E-state index contributed by atoms with van der Waals surface area (Å²) in [7, 11) is 0. The first-order valence-corrected chi connectivity index (χ1v) is 5.18. The fourth-order valence-electron chi connectivity index (χ4n) is 1.35. The third-order valence-corrected chi connectivity index (χ3v) is 2.47. The summed E-state index contributed by atoms with van der Waals surface area (Å²) in [6.07, 6.45) is 0.300. The number of carbonyl (C=O) groups is 2. The Morgan fingerprint density at radius 2 is 2.06 bits per heavy atom. The summed E-state index contributed by atoms with van der Waals surface area (Å²) in [5.41, 5.74) is 5.97. The lowest BCUT2D eigenvalue weighted by atomic mass is 10.1. The lowest BCUT2D eigenvalue weighted by Crippen LogP contribution is -2.45. The quantitative estimate of drug-likeness (QED) is 0.820. The number of nitrogens with one attached hydrogen (secondary N) is 1. The number of nitrogens with two attached hydrogens (primary N) is 1. The van der Waals surface area contributed by atoms with E-state index in [1.54, 1.807) is 18.2 Å². The van der Waals surface area contributed by atoms with Crippen molar-refractivity contribution in [2.75, 3.05) is 0 Å². The molecule has 3 N–H and O–H groups in total. The van der Waals surface area contributed by atoms with Crippen molar-refractivity contribution < 1.29 is 9.59 Å². The van der Waals surface area contributed by atoms with Crippen LogP contribution in [0.1, 0.15) is 12.5 Å². The Bertz CT molecular complexity index is 407. The largest absolute Gasteiger partial charge is 0.368 e. The predicted octanol–water partition coefficient (Wildman–Crippen LogP) is 0.873. The SMILES string of the molecule is CC(=O)N[C@@H](Cc1ccccc1Cl)C(N)=O. The monoisotopic (exact) mass is 240 g/mol. The van der Waals surface area contributed by atoms with Crippen LogP contribution in [0, 0.1) is 0 Å². The van der Waals surface area contributed by atoms with Gasteiger partial charge in [-0.15, -0.1) is 0 Å². The molecule has 0 aliphatic heterocycles. The second-order valence-electron chi connectivity index (χ2n) is 3.45. The van der Waals surface area contributed by atoms with Crippen LogP contribution >= 0.6 is 11.6 Å². The first-order valence-electron chi connectivity index (χ1n) is 4.80. The second kappa shape index (κ2) is 5.51. The molecule has 0 unspecified atom stereocenters. The standard InChI is InChI=1S/C11H13ClN2O2/c1-7(15)14-10(11(13)16)6-8-4-2-3-5-9(8)12/h2-5,10H,6H2,1H3,(H2,13,16)(H,14,15)/t10-/m0/s1. The summed E-state index contributed by atoms with van der Waals surface area (Å²) in [5, 5.41) is 3.04. The molecule has 2 amide bonds. The van der Waals surface area contributed by atoms with Gasteiger partial charge in [0.25, 0.3) is 0 Å². The molecule has 0 saturated heterocycles. The zero-order valence-corrected chi connectivity index (χ0v) is 9.62. The molecule has 0 bridgehead atoms. The Balaban J connectivity index is 2.80. The molecule has 0 radical (unpaired) electrons. The Morgan fingerprint density at radius 1 is 1.44 bits per heavy atom. The van der Waals surface area contributed by atoms with E-state index in [9.17, 15) is 9.59 Å². The second-order valence-corrected chi connectivity index (χ2v) is 3.86. The highest BCUT2D eigenvalue weighted by atomic mass is 35.5. The molecule has 0 aromatic heterocycles. The van der Waals surface area contributed by atoms with E-state index in [1.807, 2.05) is 6.07 Å². The van der Waals surface area contributed by atoms with E-state index in [1.165, 1.54) is 6.92 Å². The van der Waals surface area contributed by atoms with Crippen LogP contribution in [0.4, 0.5) is 0 Å². The van der Waals surface area contributed by atoms with Gasteiger partial charge in [-0.05, 0) is 11.6 Å². The van der Waals surface area contributed by atoms with Crippen molar-refractivity contribution in [3.63, 3.8) is 0 Å². The molecule has 0 aliphatic carbocycles. The highest BCUT2D eigenvalue weighted by Gasteiger charge is 2.17. The Labute approximate surface area is 98.8 Å². The molecule has 16 heavy (non-hydrogen) atoms. The molecule has 0 aliphatic rings. The summed E-state index contributed by atoms with van der Waals surface area (Å²) < 4.78 is 0. The van der Waals surface area contributed by atoms with Crippen LogP contribution in [0.25, 0.3) is 0 Å². The molecule has 0 heterocycles. The van der Waals surface area contributed by atoms with Crippen molar-refractivity contribution >= 4 is 23.4 Å². The van der Waals surface area contributed by atoms with Crippen molar-refractivity contribution in [3.05, 3.63) is 34.9 Å². The van der Waals surface area contributed by atoms with Crippen LogP contribution < -0.4 is 11.1 Å². The molecular weight excluding hydrogens is 228 g/mol. The van der Waals surface area contributed by atoms with Crippen LogP contribution in [0.5, 0.6) is 0 Å². The van der Waals surface area contributed by atoms with E-state index in [4.69, 9.17) is 17.3 Å². The molecule has 1 aromatic carbocycles. The van der Waals surface area contributed by atoms with E-state index < -0.39 is 11.9 Å². The summed E-state index contributed by atoms with van der Waals surface area (Å²) in [6, 6.07) is 6.40. The molecule has 1 aromatic rings. The smallest absolute Gasteiger partial charge is 0.240 e. The maximum Gasteiger partial charge on any atom is 0.240 e. The molecule has 5 heteroatoms. The van der Waals surface area contributed by atoms with E-state index in [0.29, 0.717) is 11.4 Å². The van der Waals surface area contributed by atoms with Crippen LogP contribution in [0.15, 0.2) is 24.3 Å². The third kappa shape index (κ3) is 3.55. The van der Waals surface area contributed by atoms with Crippen molar-refractivity contribution in [1.29, 1.82) is 0 Å². The minimum Gasteiger partial charge on any atom is -0.368 e. The van der Waals surface area contributed by atoms with Gasteiger partial charge in [-0.25, -0.2) is 0 Å². The summed E-state index contributed by atoms with van der Waals surface area (Å²) in [5.74, 6) is -0.869. The van der Waals surface area contributed by atoms with E-state index in [0.717, 1.165) is 5.56 Å². The topological polar surface area (TPSA) is 72.2 Å². The van der Waals surface area contributed by atoms with E-state index >= 15 is 0 Å². The highest BCUT2D eigenvalue weighted by Crippen LogP contribution is 2.16. The van der Waals surface area contributed by atoms with Gasteiger partial charge in [0.15, 0.2) is 0 Å². The van der Waals surface area contributed by atoms with Gasteiger partial charge < -0.3 is 11.1 Å². The lowest BCUT2D eigenvalue weighted by Gasteiger charge is -2.14. The molecule has 0 saturated carbocycles. The minimum atomic E-state index is -0.725. The number of halogens is 1. The molecule has 0 spiro atoms. The zero-order valence-electron chi connectivity index (χ0n) is 8.87. The van der Waals surface area contributed by atoms with E-state index in [2.05, 4.69) is 5.32 Å². The highest BCUT2D eigenvalue weighted by molar-refractivity contribution is 6.31. The number of hydrogen-bond donors (Lipinski definition) is 2. The van der Waals surface area contributed by atoms with Gasteiger partial charge in [0.2, 0.25) is 11.8 Å². The maximum atomic E-state index is 11.1. The van der Waals surface area contributed by atoms with Gasteiger partial charge in [0, 0.05) is 18.4 Å². The fourth-order valence-corrected chi connectivity index (χ4v) is 1.56. The third-order valence-electron chi connectivity index (χ3n) is 2.10. The molecule has 4 nitrogen and oxygen atoms in total. The maximum absolute atomic E-state index is 11.1. The first-order chi connectivity index (χ1) is 7.50. The van der Waals surface area contributed by atoms with Gasteiger partial charge in [-0.1, -0.05) is 29.8 Å². The number of carbonyl (C=O) groups excluding carboxylic acids is 2. The average molecular weight is 241 g/mol. The van der Waals surface area contributed by atoms with Crippen molar-refractivity contribution in [3.8, 4) is 0 Å². The van der Waals surface area contributed by atoms with Crippen LogP contribution in [0.2, 0.25) is 5.02 Å². The van der Waals surface area contributed by atoms with Gasteiger partial charge >= 0.3 is 0 Å². The fraction of sp³-hybridized carbons (Fsp3) is 0.273. The number of benzene rings is 1. The van der Waals surface area contributed by atoms with Crippen molar-refractivity contribution in [1.82, 2.24) is 5.32 Å². The molecule has 1 rings (SSSR count). The normalized spacial score (nSPS) is 11.9. The molecule has 0 fully saturated rings. The Kier molecular flexibility index (Phi) is 4.31. The summed E-state index contributed by atoms with van der Waals surface area (Å²) >= 11 is 5.94. The van der Waals surface area contributed by atoms with Gasteiger partial charge in [0.1, 0.15) is 6.04 Å². The average Bonchev–Trinajstić information content (AvgIpc) is 2.19.